The Morgan fingerprint density at radius 2 is 1.79 bits per heavy atom. The molecule has 0 amide bonds. The van der Waals surface area contributed by atoms with Gasteiger partial charge in [-0.15, -0.1) is 0 Å². The minimum atomic E-state index is 0.0554. The Balaban J connectivity index is 1.39. The van der Waals surface area contributed by atoms with Crippen molar-refractivity contribution in [2.45, 2.75) is 25.7 Å². The van der Waals surface area contributed by atoms with E-state index in [0.717, 1.165) is 46.3 Å². The minimum absolute atomic E-state index is 0.0554. The first-order valence-corrected chi connectivity index (χ1v) is 10.2. The highest BCUT2D eigenvalue weighted by atomic mass is 16.5. The molecule has 0 N–H and O–H groups in total. The summed E-state index contributed by atoms with van der Waals surface area (Å²) in [5.74, 6) is 0.825. The number of aromatic nitrogens is 1. The van der Waals surface area contributed by atoms with Crippen LogP contribution in [0.4, 0.5) is 0 Å². The maximum absolute atomic E-state index is 13.1. The predicted molar refractivity (Wildman–Crippen MR) is 111 cm³/mol. The van der Waals surface area contributed by atoms with Gasteiger partial charge in [0, 0.05) is 34.8 Å². The van der Waals surface area contributed by atoms with Gasteiger partial charge in [-0.1, -0.05) is 30.7 Å². The summed E-state index contributed by atoms with van der Waals surface area (Å²) >= 11 is 0. The number of nitrogens with zero attached hydrogens (tertiary/aromatic N) is 2. The largest absolute Gasteiger partial charge is 0.494 e. The fourth-order valence-corrected chi connectivity index (χ4v) is 4.45. The van der Waals surface area contributed by atoms with Gasteiger partial charge in [-0.05, 0) is 55.9 Å². The van der Waals surface area contributed by atoms with Gasteiger partial charge in [-0.25, -0.2) is 0 Å². The molecule has 0 unspecified atom stereocenters. The zero-order chi connectivity index (χ0) is 18.9. The summed E-state index contributed by atoms with van der Waals surface area (Å²) < 4.78 is 6.05. The van der Waals surface area contributed by atoms with Crippen molar-refractivity contribution >= 4 is 16.6 Å². The standard InChI is InChI=1S/C24H24N2O2/c27-24-20-8-3-2-7-19(20)23-22-17(9-10-25-23)15-18(16-21(22)24)28-14-6-13-26-11-4-1-5-12-26/h2-3,7-10,15-16H,1,4-6,11-14H2. The van der Waals surface area contributed by atoms with Crippen molar-refractivity contribution < 1.29 is 9.53 Å². The molecular weight excluding hydrogens is 348 g/mol. The van der Waals surface area contributed by atoms with Crippen molar-refractivity contribution in [1.82, 2.24) is 9.88 Å². The van der Waals surface area contributed by atoms with Crippen LogP contribution in [0.15, 0.2) is 48.7 Å². The molecule has 1 aliphatic carbocycles. The molecule has 142 valence electrons. The normalized spacial score (nSPS) is 16.2. The number of piperidine rings is 1. The Morgan fingerprint density at radius 3 is 2.64 bits per heavy atom. The number of likely N-dealkylation sites (tertiary alicyclic amines) is 1. The monoisotopic (exact) mass is 372 g/mol. The second-order valence-electron chi connectivity index (χ2n) is 7.71. The molecule has 5 rings (SSSR count). The molecule has 0 saturated carbocycles. The Labute approximate surface area is 165 Å². The van der Waals surface area contributed by atoms with Gasteiger partial charge in [0.1, 0.15) is 5.75 Å². The molecule has 0 bridgehead atoms. The molecule has 4 heteroatoms. The number of rotatable bonds is 5. The van der Waals surface area contributed by atoms with Crippen LogP contribution in [-0.4, -0.2) is 41.9 Å². The second kappa shape index (κ2) is 7.36. The highest BCUT2D eigenvalue weighted by molar-refractivity contribution is 6.25. The summed E-state index contributed by atoms with van der Waals surface area (Å²) in [6.45, 7) is 4.18. The number of hydrogen-bond acceptors (Lipinski definition) is 4. The Bertz CT molecular complexity index is 1040. The molecule has 0 atom stereocenters. The first kappa shape index (κ1) is 17.4. The molecule has 4 nitrogen and oxygen atoms in total. The van der Waals surface area contributed by atoms with E-state index in [1.807, 2.05) is 48.7 Å². The number of pyridine rings is 1. The first-order chi connectivity index (χ1) is 13.8. The van der Waals surface area contributed by atoms with Gasteiger partial charge in [-0.2, -0.15) is 0 Å². The van der Waals surface area contributed by atoms with Crippen molar-refractivity contribution in [3.8, 4) is 17.0 Å². The van der Waals surface area contributed by atoms with Gasteiger partial charge in [0.05, 0.1) is 12.3 Å². The molecule has 0 spiro atoms. The Hall–Kier alpha value is -2.72. The SMILES string of the molecule is O=C1c2ccccc2-c2nccc3cc(OCCCN4CCCCC4)cc1c23. The quantitative estimate of drug-likeness (QED) is 0.476. The van der Waals surface area contributed by atoms with Gasteiger partial charge in [0.2, 0.25) is 0 Å². The smallest absolute Gasteiger partial charge is 0.194 e. The van der Waals surface area contributed by atoms with Gasteiger partial charge in [0.15, 0.2) is 5.78 Å². The summed E-state index contributed by atoms with van der Waals surface area (Å²) in [4.78, 5) is 20.2. The Morgan fingerprint density at radius 1 is 0.964 bits per heavy atom. The third-order valence-electron chi connectivity index (χ3n) is 5.84. The molecule has 2 aromatic carbocycles. The fourth-order valence-electron chi connectivity index (χ4n) is 4.45. The zero-order valence-electron chi connectivity index (χ0n) is 16.0. The van der Waals surface area contributed by atoms with E-state index < -0.39 is 0 Å². The maximum Gasteiger partial charge on any atom is 0.194 e. The number of carbonyl (C=O) groups excluding carboxylic acids is 1. The van der Waals surface area contributed by atoms with Crippen LogP contribution < -0.4 is 4.74 Å². The number of ether oxygens (including phenoxy) is 1. The molecule has 3 aromatic rings. The van der Waals surface area contributed by atoms with Crippen LogP contribution in [0.25, 0.3) is 22.0 Å². The summed E-state index contributed by atoms with van der Waals surface area (Å²) in [6.07, 6.45) is 6.81. The summed E-state index contributed by atoms with van der Waals surface area (Å²) in [5.41, 5.74) is 3.22. The van der Waals surface area contributed by atoms with Gasteiger partial charge in [-0.3, -0.25) is 9.78 Å². The Kier molecular flexibility index (Phi) is 4.57. The van der Waals surface area contributed by atoms with Crippen molar-refractivity contribution in [2.75, 3.05) is 26.2 Å². The number of benzene rings is 2. The van der Waals surface area contributed by atoms with Crippen molar-refractivity contribution in [3.05, 3.63) is 59.8 Å². The average molecular weight is 372 g/mol. The minimum Gasteiger partial charge on any atom is -0.494 e. The number of fused-ring (bicyclic) bond motifs is 2. The van der Waals surface area contributed by atoms with Crippen LogP contribution in [0, 0.1) is 0 Å². The third kappa shape index (κ3) is 3.08. The van der Waals surface area contributed by atoms with E-state index in [4.69, 9.17) is 4.74 Å². The average Bonchev–Trinajstić information content (AvgIpc) is 2.75. The molecule has 2 aliphatic rings. The van der Waals surface area contributed by atoms with E-state index in [1.54, 1.807) is 0 Å². The van der Waals surface area contributed by atoms with E-state index >= 15 is 0 Å². The van der Waals surface area contributed by atoms with E-state index in [9.17, 15) is 4.79 Å². The molecule has 1 saturated heterocycles. The van der Waals surface area contributed by atoms with E-state index in [0.29, 0.717) is 12.2 Å². The summed E-state index contributed by atoms with van der Waals surface area (Å²) in [5, 5.41) is 1.95. The van der Waals surface area contributed by atoms with Crippen LogP contribution in [0.3, 0.4) is 0 Å². The van der Waals surface area contributed by atoms with Crippen LogP contribution in [0.2, 0.25) is 0 Å². The van der Waals surface area contributed by atoms with Crippen LogP contribution in [0.5, 0.6) is 5.75 Å². The summed E-state index contributed by atoms with van der Waals surface area (Å²) in [7, 11) is 0. The topological polar surface area (TPSA) is 42.4 Å². The fraction of sp³-hybridized carbons (Fsp3) is 0.333. The lowest BCUT2D eigenvalue weighted by molar-refractivity contribution is 0.103. The van der Waals surface area contributed by atoms with Crippen molar-refractivity contribution in [3.63, 3.8) is 0 Å². The maximum atomic E-state index is 13.1. The lowest BCUT2D eigenvalue weighted by Crippen LogP contribution is -2.31. The number of ketones is 1. The lowest BCUT2D eigenvalue weighted by atomic mass is 9.85. The highest BCUT2D eigenvalue weighted by Crippen LogP contribution is 2.39. The third-order valence-corrected chi connectivity index (χ3v) is 5.84. The van der Waals surface area contributed by atoms with E-state index in [1.165, 1.54) is 32.4 Å². The summed E-state index contributed by atoms with van der Waals surface area (Å²) in [6, 6.07) is 13.6. The van der Waals surface area contributed by atoms with E-state index in [2.05, 4.69) is 9.88 Å². The molecule has 0 radical (unpaired) electrons. The predicted octanol–water partition coefficient (Wildman–Crippen LogP) is 4.70. The van der Waals surface area contributed by atoms with Crippen LogP contribution in [0.1, 0.15) is 41.6 Å². The van der Waals surface area contributed by atoms with Crippen molar-refractivity contribution in [1.29, 1.82) is 0 Å². The molecule has 1 aromatic heterocycles. The zero-order valence-corrected chi connectivity index (χ0v) is 16.0. The molecule has 28 heavy (non-hydrogen) atoms. The molecule has 2 heterocycles. The van der Waals surface area contributed by atoms with Gasteiger partial charge >= 0.3 is 0 Å². The first-order valence-electron chi connectivity index (χ1n) is 10.2. The van der Waals surface area contributed by atoms with Gasteiger partial charge in [0.25, 0.3) is 0 Å². The molecular formula is C24H24N2O2. The molecule has 1 aliphatic heterocycles. The van der Waals surface area contributed by atoms with E-state index in [-0.39, 0.29) is 5.78 Å². The lowest BCUT2D eigenvalue weighted by Gasteiger charge is -2.26. The molecule has 1 fully saturated rings. The highest BCUT2D eigenvalue weighted by Gasteiger charge is 2.26. The second-order valence-corrected chi connectivity index (χ2v) is 7.71. The number of hydrogen-bond donors (Lipinski definition) is 0. The van der Waals surface area contributed by atoms with Gasteiger partial charge < -0.3 is 9.64 Å². The van der Waals surface area contributed by atoms with Crippen LogP contribution >= 0.6 is 0 Å². The number of carbonyl (C=O) groups is 1. The van der Waals surface area contributed by atoms with Crippen LogP contribution in [-0.2, 0) is 0 Å². The van der Waals surface area contributed by atoms with Crippen molar-refractivity contribution in [2.24, 2.45) is 0 Å².